The van der Waals surface area contributed by atoms with Crippen molar-refractivity contribution in [2.24, 2.45) is 11.8 Å². The van der Waals surface area contributed by atoms with Gasteiger partial charge in [0.25, 0.3) is 0 Å². The summed E-state index contributed by atoms with van der Waals surface area (Å²) in [5, 5.41) is 0.774. The van der Waals surface area contributed by atoms with Crippen LogP contribution in [0.1, 0.15) is 24.8 Å². The molecule has 3 rings (SSSR count). The number of hydrazine groups is 1. The fraction of sp³-hybridized carbons (Fsp3) is 0.625. The molecule has 5 heteroatoms. The Morgan fingerprint density at radius 2 is 2.33 bits per heavy atom. The van der Waals surface area contributed by atoms with Crippen molar-refractivity contribution in [3.8, 4) is 0 Å². The zero-order chi connectivity index (χ0) is 14.7. The van der Waals surface area contributed by atoms with Crippen LogP contribution in [0.4, 0.5) is 0 Å². The molecule has 0 bridgehead atoms. The van der Waals surface area contributed by atoms with E-state index in [1.165, 1.54) is 5.56 Å². The number of nitrogens with one attached hydrogen (secondary N) is 1. The van der Waals surface area contributed by atoms with Crippen LogP contribution >= 0.6 is 11.6 Å². The highest BCUT2D eigenvalue weighted by Crippen LogP contribution is 2.37. The Labute approximate surface area is 130 Å². The molecule has 4 nitrogen and oxygen atoms in total. The Morgan fingerprint density at radius 1 is 1.43 bits per heavy atom. The van der Waals surface area contributed by atoms with Crippen LogP contribution in [-0.2, 0) is 15.9 Å². The van der Waals surface area contributed by atoms with Crippen molar-refractivity contribution in [3.05, 3.63) is 34.9 Å². The number of benzene rings is 1. The third-order valence-electron chi connectivity index (χ3n) is 4.73. The van der Waals surface area contributed by atoms with Gasteiger partial charge >= 0.3 is 0 Å². The van der Waals surface area contributed by atoms with Crippen LogP contribution < -0.4 is 11.3 Å². The highest BCUT2D eigenvalue weighted by Gasteiger charge is 2.42. The van der Waals surface area contributed by atoms with Gasteiger partial charge in [-0.2, -0.15) is 0 Å². The highest BCUT2D eigenvalue weighted by molar-refractivity contribution is 6.30. The summed E-state index contributed by atoms with van der Waals surface area (Å²) >= 11 is 6.07. The third-order valence-corrected chi connectivity index (χ3v) is 4.96. The topological polar surface area (TPSA) is 56.5 Å². The van der Waals surface area contributed by atoms with Gasteiger partial charge < -0.3 is 9.47 Å². The molecule has 0 aromatic heterocycles. The summed E-state index contributed by atoms with van der Waals surface area (Å²) in [7, 11) is 0. The van der Waals surface area contributed by atoms with E-state index in [4.69, 9.17) is 26.9 Å². The van der Waals surface area contributed by atoms with Gasteiger partial charge in [0.1, 0.15) is 0 Å². The highest BCUT2D eigenvalue weighted by atomic mass is 35.5. The van der Waals surface area contributed by atoms with Crippen molar-refractivity contribution < 1.29 is 9.47 Å². The lowest BCUT2D eigenvalue weighted by Crippen LogP contribution is -2.50. The summed E-state index contributed by atoms with van der Waals surface area (Å²) in [6.07, 6.45) is 3.94. The van der Waals surface area contributed by atoms with Gasteiger partial charge in [0.05, 0.1) is 12.2 Å². The largest absolute Gasteiger partial charge is 0.378 e. The predicted octanol–water partition coefficient (Wildman–Crippen LogP) is 2.30. The SMILES string of the molecule is NNC(Cc1cccc(Cl)c1)C1CCOC2(CCOC2)C1. The van der Waals surface area contributed by atoms with Crippen molar-refractivity contribution in [1.29, 1.82) is 0 Å². The molecular weight excluding hydrogens is 288 g/mol. The standard InChI is InChI=1S/C16H23ClN2O2/c17-14-3-1-2-12(8-14)9-15(19-18)13-4-6-21-16(10-13)5-7-20-11-16/h1-3,8,13,15,19H,4-7,9-11,18H2. The van der Waals surface area contributed by atoms with Crippen LogP contribution in [0, 0.1) is 5.92 Å². The first-order valence-electron chi connectivity index (χ1n) is 7.63. The molecule has 2 aliphatic rings. The summed E-state index contributed by atoms with van der Waals surface area (Å²) in [6.45, 7) is 2.32. The molecule has 3 atom stereocenters. The lowest BCUT2D eigenvalue weighted by Gasteiger charge is -2.40. The summed E-state index contributed by atoms with van der Waals surface area (Å²) in [4.78, 5) is 0. The van der Waals surface area contributed by atoms with E-state index < -0.39 is 0 Å². The van der Waals surface area contributed by atoms with E-state index in [1.54, 1.807) is 0 Å². The maximum Gasteiger partial charge on any atom is 0.0939 e. The minimum absolute atomic E-state index is 0.0770. The second-order valence-electron chi connectivity index (χ2n) is 6.19. The first kappa shape index (κ1) is 15.3. The molecular formula is C16H23ClN2O2. The minimum atomic E-state index is -0.0770. The van der Waals surface area contributed by atoms with Crippen LogP contribution in [-0.4, -0.2) is 31.5 Å². The third kappa shape index (κ3) is 3.58. The number of nitrogens with two attached hydrogens (primary N) is 1. The zero-order valence-electron chi connectivity index (χ0n) is 12.2. The number of hydrogen-bond donors (Lipinski definition) is 2. The van der Waals surface area contributed by atoms with Gasteiger partial charge in [0, 0.05) is 30.7 Å². The molecule has 0 saturated carbocycles. The van der Waals surface area contributed by atoms with Crippen molar-refractivity contribution in [1.82, 2.24) is 5.43 Å². The first-order chi connectivity index (χ1) is 10.2. The monoisotopic (exact) mass is 310 g/mol. The van der Waals surface area contributed by atoms with E-state index in [0.717, 1.165) is 50.5 Å². The summed E-state index contributed by atoms with van der Waals surface area (Å²) in [6, 6.07) is 8.24. The number of halogens is 1. The van der Waals surface area contributed by atoms with E-state index in [1.807, 2.05) is 18.2 Å². The lowest BCUT2D eigenvalue weighted by atomic mass is 9.79. The van der Waals surface area contributed by atoms with E-state index >= 15 is 0 Å². The van der Waals surface area contributed by atoms with E-state index in [0.29, 0.717) is 5.92 Å². The lowest BCUT2D eigenvalue weighted by molar-refractivity contribution is -0.103. The molecule has 21 heavy (non-hydrogen) atoms. The first-order valence-corrected chi connectivity index (χ1v) is 8.01. The Bertz CT molecular complexity index is 477. The molecule has 1 spiro atoms. The molecule has 3 unspecified atom stereocenters. The van der Waals surface area contributed by atoms with Gasteiger partial charge in [-0.25, -0.2) is 0 Å². The molecule has 1 aromatic carbocycles. The average molecular weight is 311 g/mol. The predicted molar refractivity (Wildman–Crippen MR) is 83.1 cm³/mol. The Balaban J connectivity index is 1.67. The smallest absolute Gasteiger partial charge is 0.0939 e. The molecule has 0 aliphatic carbocycles. The molecule has 1 aromatic rings. The number of ether oxygens (including phenoxy) is 2. The molecule has 2 heterocycles. The van der Waals surface area contributed by atoms with Crippen molar-refractivity contribution in [2.75, 3.05) is 19.8 Å². The fourth-order valence-electron chi connectivity index (χ4n) is 3.55. The molecule has 0 radical (unpaired) electrons. The number of hydrogen-bond acceptors (Lipinski definition) is 4. The second kappa shape index (κ2) is 6.63. The van der Waals surface area contributed by atoms with Gasteiger partial charge in [-0.1, -0.05) is 23.7 Å². The maximum atomic E-state index is 6.07. The van der Waals surface area contributed by atoms with Crippen LogP contribution in [0.5, 0.6) is 0 Å². The quantitative estimate of drug-likeness (QED) is 0.662. The molecule has 0 amide bonds. The van der Waals surface area contributed by atoms with Gasteiger partial charge in [-0.15, -0.1) is 0 Å². The van der Waals surface area contributed by atoms with Crippen LogP contribution in [0.2, 0.25) is 5.02 Å². The second-order valence-corrected chi connectivity index (χ2v) is 6.63. The van der Waals surface area contributed by atoms with Crippen molar-refractivity contribution in [2.45, 2.75) is 37.3 Å². The van der Waals surface area contributed by atoms with Crippen molar-refractivity contribution >= 4 is 11.6 Å². The van der Waals surface area contributed by atoms with Crippen LogP contribution in [0.25, 0.3) is 0 Å². The molecule has 2 saturated heterocycles. The Hall–Kier alpha value is -0.650. The van der Waals surface area contributed by atoms with E-state index in [2.05, 4.69) is 11.5 Å². The van der Waals surface area contributed by atoms with Crippen molar-refractivity contribution in [3.63, 3.8) is 0 Å². The van der Waals surface area contributed by atoms with Gasteiger partial charge in [0.2, 0.25) is 0 Å². The summed E-state index contributed by atoms with van der Waals surface area (Å²) in [5.41, 5.74) is 4.15. The van der Waals surface area contributed by atoms with Gasteiger partial charge in [0.15, 0.2) is 0 Å². The maximum absolute atomic E-state index is 6.07. The summed E-state index contributed by atoms with van der Waals surface area (Å²) in [5.74, 6) is 6.33. The Kier molecular flexibility index (Phi) is 4.82. The average Bonchev–Trinajstić information content (AvgIpc) is 2.92. The van der Waals surface area contributed by atoms with Crippen LogP contribution in [0.15, 0.2) is 24.3 Å². The van der Waals surface area contributed by atoms with Gasteiger partial charge in [-0.05, 0) is 42.9 Å². The number of rotatable bonds is 4. The molecule has 2 aliphatic heterocycles. The normalized spacial score (nSPS) is 30.7. The Morgan fingerprint density at radius 3 is 3.05 bits per heavy atom. The van der Waals surface area contributed by atoms with Gasteiger partial charge in [-0.3, -0.25) is 11.3 Å². The molecule has 116 valence electrons. The van der Waals surface area contributed by atoms with E-state index in [9.17, 15) is 0 Å². The summed E-state index contributed by atoms with van der Waals surface area (Å²) < 4.78 is 11.5. The van der Waals surface area contributed by atoms with Crippen LogP contribution in [0.3, 0.4) is 0 Å². The fourth-order valence-corrected chi connectivity index (χ4v) is 3.76. The molecule has 2 fully saturated rings. The zero-order valence-corrected chi connectivity index (χ0v) is 12.9. The van der Waals surface area contributed by atoms with E-state index in [-0.39, 0.29) is 11.6 Å². The molecule has 3 N–H and O–H groups in total. The minimum Gasteiger partial charge on any atom is -0.378 e.